The summed E-state index contributed by atoms with van der Waals surface area (Å²) in [5.41, 5.74) is -0.780. The highest BCUT2D eigenvalue weighted by Gasteiger charge is 2.30. The Balaban J connectivity index is 2.68. The first-order chi connectivity index (χ1) is 7.97. The molecule has 1 aromatic heterocycles. The summed E-state index contributed by atoms with van der Waals surface area (Å²) in [5.74, 6) is 0.608. The molecule has 0 spiro atoms. The summed E-state index contributed by atoms with van der Waals surface area (Å²) in [6.07, 6.45) is -3.59. The van der Waals surface area contributed by atoms with Gasteiger partial charge in [-0.25, -0.2) is 4.98 Å². The molecule has 0 radical (unpaired) electrons. The fourth-order valence-corrected chi connectivity index (χ4v) is 1.35. The average Bonchev–Trinajstić information content (AvgIpc) is 2.28. The van der Waals surface area contributed by atoms with Crippen LogP contribution in [0.5, 0.6) is 0 Å². The van der Waals surface area contributed by atoms with Crippen molar-refractivity contribution in [1.29, 1.82) is 0 Å². The topological polar surface area (TPSA) is 34.1 Å². The lowest BCUT2D eigenvalue weighted by molar-refractivity contribution is -0.137. The second-order valence-electron chi connectivity index (χ2n) is 3.38. The maximum absolute atomic E-state index is 12.3. The fourth-order valence-electron chi connectivity index (χ4n) is 1.18. The minimum Gasteiger partial charge on any atom is -0.383 e. The molecule has 0 saturated heterocycles. The van der Waals surface area contributed by atoms with E-state index in [0.717, 1.165) is 12.3 Å². The fraction of sp³-hybridized carbons (Fsp3) is 0.500. The lowest BCUT2D eigenvalue weighted by atomic mass is 10.2. The lowest BCUT2D eigenvalue weighted by Gasteiger charge is -2.15. The molecule has 1 aromatic rings. The molecule has 17 heavy (non-hydrogen) atoms. The van der Waals surface area contributed by atoms with Crippen molar-refractivity contribution in [2.24, 2.45) is 0 Å². The van der Waals surface area contributed by atoms with E-state index in [1.807, 2.05) is 0 Å². The third kappa shape index (κ3) is 4.40. The van der Waals surface area contributed by atoms with E-state index >= 15 is 0 Å². The van der Waals surface area contributed by atoms with Crippen LogP contribution in [0.25, 0.3) is 0 Å². The number of anilines is 1. The van der Waals surface area contributed by atoms with Gasteiger partial charge in [0, 0.05) is 19.2 Å². The monoisotopic (exact) mass is 268 g/mol. The molecule has 0 fully saturated rings. The van der Waals surface area contributed by atoms with Crippen molar-refractivity contribution in [1.82, 2.24) is 4.98 Å². The van der Waals surface area contributed by atoms with Crippen molar-refractivity contribution >= 4 is 17.4 Å². The molecular formula is C10H12ClF3N2O. The van der Waals surface area contributed by atoms with Crippen molar-refractivity contribution in [3.05, 3.63) is 23.9 Å². The van der Waals surface area contributed by atoms with Gasteiger partial charge >= 0.3 is 6.18 Å². The van der Waals surface area contributed by atoms with Gasteiger partial charge in [-0.15, -0.1) is 11.6 Å². The Morgan fingerprint density at radius 1 is 1.47 bits per heavy atom. The van der Waals surface area contributed by atoms with Crippen LogP contribution in [0.4, 0.5) is 19.0 Å². The Bertz CT molecular complexity index is 342. The summed E-state index contributed by atoms with van der Waals surface area (Å²) < 4.78 is 41.7. The molecule has 0 amide bonds. The van der Waals surface area contributed by atoms with E-state index in [1.54, 1.807) is 0 Å². The Labute approximate surface area is 102 Å². The van der Waals surface area contributed by atoms with Crippen LogP contribution in [0, 0.1) is 0 Å². The standard InChI is InChI=1S/C10H12ClF3N2O/c1-17-6-8(4-11)16-9-3-2-7(5-15-9)10(12,13)14/h2-3,5,8H,4,6H2,1H3,(H,15,16). The Kier molecular flexibility index (Phi) is 5.02. The SMILES string of the molecule is COCC(CCl)Nc1ccc(C(F)(F)F)cn1. The number of hydrogen-bond donors (Lipinski definition) is 1. The van der Waals surface area contributed by atoms with Gasteiger partial charge in [-0.1, -0.05) is 0 Å². The molecule has 7 heteroatoms. The first-order valence-corrected chi connectivity index (χ1v) is 5.35. The summed E-state index contributed by atoms with van der Waals surface area (Å²) >= 11 is 5.65. The minimum atomic E-state index is -4.37. The Morgan fingerprint density at radius 2 is 2.18 bits per heavy atom. The zero-order valence-corrected chi connectivity index (χ0v) is 9.85. The zero-order valence-electron chi connectivity index (χ0n) is 9.09. The van der Waals surface area contributed by atoms with Crippen molar-refractivity contribution in [3.63, 3.8) is 0 Å². The van der Waals surface area contributed by atoms with Crippen LogP contribution in [0.15, 0.2) is 18.3 Å². The number of pyridine rings is 1. The number of alkyl halides is 4. The Morgan fingerprint density at radius 3 is 2.59 bits per heavy atom. The molecule has 1 atom stereocenters. The van der Waals surface area contributed by atoms with Crippen LogP contribution in [-0.4, -0.2) is 30.6 Å². The molecule has 0 aliphatic carbocycles. The number of nitrogens with one attached hydrogen (secondary N) is 1. The number of rotatable bonds is 5. The molecule has 0 bridgehead atoms. The van der Waals surface area contributed by atoms with Gasteiger partial charge in [-0.3, -0.25) is 0 Å². The van der Waals surface area contributed by atoms with E-state index in [2.05, 4.69) is 10.3 Å². The highest BCUT2D eigenvalue weighted by molar-refractivity contribution is 6.18. The van der Waals surface area contributed by atoms with Gasteiger partial charge in [0.15, 0.2) is 0 Å². The van der Waals surface area contributed by atoms with Gasteiger partial charge in [0.05, 0.1) is 18.2 Å². The second kappa shape index (κ2) is 6.07. The number of hydrogen-bond acceptors (Lipinski definition) is 3. The summed E-state index contributed by atoms with van der Waals surface area (Å²) in [4.78, 5) is 3.67. The van der Waals surface area contributed by atoms with Crippen LogP contribution in [0.2, 0.25) is 0 Å². The number of aromatic nitrogens is 1. The van der Waals surface area contributed by atoms with Gasteiger partial charge in [-0.05, 0) is 12.1 Å². The van der Waals surface area contributed by atoms with Crippen LogP contribution < -0.4 is 5.32 Å². The normalized spacial score (nSPS) is 13.5. The smallest absolute Gasteiger partial charge is 0.383 e. The van der Waals surface area contributed by atoms with Crippen LogP contribution >= 0.6 is 11.6 Å². The predicted octanol–water partition coefficient (Wildman–Crippen LogP) is 2.77. The molecule has 0 aromatic carbocycles. The third-order valence-corrected chi connectivity index (χ3v) is 2.37. The van der Waals surface area contributed by atoms with Gasteiger partial charge in [0.2, 0.25) is 0 Å². The van der Waals surface area contributed by atoms with E-state index in [1.165, 1.54) is 13.2 Å². The molecule has 1 unspecified atom stereocenters. The molecule has 3 nitrogen and oxygen atoms in total. The van der Waals surface area contributed by atoms with E-state index in [9.17, 15) is 13.2 Å². The number of halogens is 4. The average molecular weight is 269 g/mol. The molecule has 0 aliphatic rings. The maximum Gasteiger partial charge on any atom is 0.417 e. The van der Waals surface area contributed by atoms with Crippen molar-refractivity contribution < 1.29 is 17.9 Å². The van der Waals surface area contributed by atoms with Crippen LogP contribution in [0.3, 0.4) is 0 Å². The highest BCUT2D eigenvalue weighted by Crippen LogP contribution is 2.28. The van der Waals surface area contributed by atoms with Gasteiger partial charge < -0.3 is 10.1 Å². The molecule has 1 N–H and O–H groups in total. The van der Waals surface area contributed by atoms with Crippen molar-refractivity contribution in [2.75, 3.05) is 24.9 Å². The van der Waals surface area contributed by atoms with E-state index in [-0.39, 0.29) is 11.9 Å². The van der Waals surface area contributed by atoms with E-state index < -0.39 is 11.7 Å². The van der Waals surface area contributed by atoms with Crippen LogP contribution in [-0.2, 0) is 10.9 Å². The predicted molar refractivity (Wildman–Crippen MR) is 59.2 cm³/mol. The minimum absolute atomic E-state index is 0.189. The first kappa shape index (κ1) is 14.1. The van der Waals surface area contributed by atoms with Gasteiger partial charge in [0.25, 0.3) is 0 Å². The summed E-state index contributed by atoms with van der Waals surface area (Å²) in [5, 5.41) is 2.87. The van der Waals surface area contributed by atoms with Crippen molar-refractivity contribution in [2.45, 2.75) is 12.2 Å². The molecule has 0 saturated carbocycles. The highest BCUT2D eigenvalue weighted by atomic mass is 35.5. The van der Waals surface area contributed by atoms with E-state index in [4.69, 9.17) is 16.3 Å². The molecular weight excluding hydrogens is 257 g/mol. The maximum atomic E-state index is 12.3. The molecule has 1 heterocycles. The van der Waals surface area contributed by atoms with Gasteiger partial charge in [-0.2, -0.15) is 13.2 Å². The second-order valence-corrected chi connectivity index (χ2v) is 3.69. The summed E-state index contributed by atoms with van der Waals surface area (Å²) in [6.45, 7) is 0.353. The summed E-state index contributed by atoms with van der Waals surface area (Å²) in [7, 11) is 1.52. The molecule has 0 aliphatic heterocycles. The number of ether oxygens (including phenoxy) is 1. The summed E-state index contributed by atoms with van der Waals surface area (Å²) in [6, 6.07) is 2.04. The van der Waals surface area contributed by atoms with Crippen LogP contribution in [0.1, 0.15) is 5.56 Å². The third-order valence-electron chi connectivity index (χ3n) is 2.00. The molecule has 1 rings (SSSR count). The van der Waals surface area contributed by atoms with Crippen molar-refractivity contribution in [3.8, 4) is 0 Å². The van der Waals surface area contributed by atoms with Gasteiger partial charge in [0.1, 0.15) is 5.82 Å². The number of nitrogens with zero attached hydrogens (tertiary/aromatic N) is 1. The zero-order chi connectivity index (χ0) is 12.9. The lowest BCUT2D eigenvalue weighted by Crippen LogP contribution is -2.27. The largest absolute Gasteiger partial charge is 0.417 e. The molecule has 96 valence electrons. The number of methoxy groups -OCH3 is 1. The quantitative estimate of drug-likeness (QED) is 0.834. The van der Waals surface area contributed by atoms with E-state index in [0.29, 0.717) is 12.4 Å². The Hall–Kier alpha value is -1.01. The first-order valence-electron chi connectivity index (χ1n) is 4.82.